The van der Waals surface area contributed by atoms with Crippen molar-refractivity contribution in [3.05, 3.63) is 80.5 Å². The number of nitrogens with zero attached hydrogens (tertiary/aromatic N) is 2. The molecule has 1 aliphatic carbocycles. The number of nitrogens with one attached hydrogen (secondary N) is 1. The van der Waals surface area contributed by atoms with Gasteiger partial charge in [-0.05, 0) is 69.4 Å². The van der Waals surface area contributed by atoms with E-state index in [1.54, 1.807) is 15.9 Å². The number of hydrogen-bond acceptors (Lipinski definition) is 5. The monoisotopic (exact) mass is 475 g/mol. The standard InChI is InChI=1S/C26H25N3O2S2/c1-16-7-11-18(12-8-16)27-22(30)15-32-26-28-24-23(20-5-3-4-6-21(20)33-24)25(31)29(26)19-13-9-17(2)10-14-19/h7-14H,3-6,15H2,1-2H3,(H,27,30). The Morgan fingerprint density at radius 1 is 1.03 bits per heavy atom. The van der Waals surface area contributed by atoms with Crippen LogP contribution in [0.1, 0.15) is 34.4 Å². The fraction of sp³-hybridized carbons (Fsp3) is 0.269. The summed E-state index contributed by atoms with van der Waals surface area (Å²) >= 11 is 2.93. The van der Waals surface area contributed by atoms with Crippen LogP contribution in [0.3, 0.4) is 0 Å². The third-order valence-electron chi connectivity index (χ3n) is 5.92. The summed E-state index contributed by atoms with van der Waals surface area (Å²) in [5.74, 6) is 0.0436. The first kappa shape index (κ1) is 21.9. The van der Waals surface area contributed by atoms with Crippen LogP contribution in [0.4, 0.5) is 5.69 Å². The molecule has 0 unspecified atom stereocenters. The third-order valence-corrected chi connectivity index (χ3v) is 8.04. The zero-order chi connectivity index (χ0) is 22.9. The predicted molar refractivity (Wildman–Crippen MR) is 137 cm³/mol. The Morgan fingerprint density at radius 2 is 1.70 bits per heavy atom. The number of rotatable bonds is 5. The Hall–Kier alpha value is -2.90. The van der Waals surface area contributed by atoms with Gasteiger partial charge in [0, 0.05) is 10.6 Å². The van der Waals surface area contributed by atoms with E-state index in [9.17, 15) is 9.59 Å². The van der Waals surface area contributed by atoms with Crippen molar-refractivity contribution < 1.29 is 4.79 Å². The summed E-state index contributed by atoms with van der Waals surface area (Å²) in [6.07, 6.45) is 4.22. The van der Waals surface area contributed by atoms with E-state index in [2.05, 4.69) is 5.32 Å². The molecule has 2 aromatic heterocycles. The van der Waals surface area contributed by atoms with E-state index in [-0.39, 0.29) is 17.2 Å². The fourth-order valence-electron chi connectivity index (χ4n) is 4.17. The second-order valence-electron chi connectivity index (χ2n) is 8.46. The molecule has 0 radical (unpaired) electrons. The molecule has 1 N–H and O–H groups in total. The Balaban J connectivity index is 1.51. The predicted octanol–water partition coefficient (Wildman–Crippen LogP) is 5.67. The Morgan fingerprint density at radius 3 is 2.42 bits per heavy atom. The molecule has 0 spiro atoms. The number of thioether (sulfide) groups is 1. The van der Waals surface area contributed by atoms with Gasteiger partial charge in [-0.2, -0.15) is 0 Å². The van der Waals surface area contributed by atoms with E-state index < -0.39 is 0 Å². The van der Waals surface area contributed by atoms with Crippen molar-refractivity contribution in [2.75, 3.05) is 11.1 Å². The molecule has 2 aromatic carbocycles. The van der Waals surface area contributed by atoms with Crippen LogP contribution in [0, 0.1) is 13.8 Å². The van der Waals surface area contributed by atoms with Crippen molar-refractivity contribution in [1.82, 2.24) is 9.55 Å². The highest BCUT2D eigenvalue weighted by atomic mass is 32.2. The molecule has 0 saturated heterocycles. The number of anilines is 1. The summed E-state index contributed by atoms with van der Waals surface area (Å²) in [6.45, 7) is 4.03. The summed E-state index contributed by atoms with van der Waals surface area (Å²) in [6, 6.07) is 15.6. The summed E-state index contributed by atoms with van der Waals surface area (Å²) in [5, 5.41) is 4.23. The van der Waals surface area contributed by atoms with Crippen molar-refractivity contribution in [1.29, 1.82) is 0 Å². The molecule has 1 aliphatic rings. The lowest BCUT2D eigenvalue weighted by Crippen LogP contribution is -2.23. The molecule has 5 nitrogen and oxygen atoms in total. The minimum absolute atomic E-state index is 0.0373. The maximum atomic E-state index is 13.8. The summed E-state index contributed by atoms with van der Waals surface area (Å²) in [7, 11) is 0. The van der Waals surface area contributed by atoms with Gasteiger partial charge in [0.05, 0.1) is 16.8 Å². The number of aryl methyl sites for hydroxylation is 4. The minimum atomic E-state index is -0.126. The van der Waals surface area contributed by atoms with Crippen LogP contribution in [-0.4, -0.2) is 21.2 Å². The largest absolute Gasteiger partial charge is 0.325 e. The highest BCUT2D eigenvalue weighted by Gasteiger charge is 2.23. The van der Waals surface area contributed by atoms with Gasteiger partial charge >= 0.3 is 0 Å². The molecule has 4 aromatic rings. The van der Waals surface area contributed by atoms with Crippen molar-refractivity contribution in [3.63, 3.8) is 0 Å². The first-order chi connectivity index (χ1) is 16.0. The molecular weight excluding hydrogens is 450 g/mol. The molecular formula is C26H25N3O2S2. The first-order valence-electron chi connectivity index (χ1n) is 11.1. The van der Waals surface area contributed by atoms with Crippen LogP contribution in [0.5, 0.6) is 0 Å². The Bertz CT molecular complexity index is 1390. The Kier molecular flexibility index (Phi) is 6.08. The second-order valence-corrected chi connectivity index (χ2v) is 10.5. The summed E-state index contributed by atoms with van der Waals surface area (Å²) in [5.41, 5.74) is 4.94. The average molecular weight is 476 g/mol. The number of thiophene rings is 1. The van der Waals surface area contributed by atoms with Gasteiger partial charge in [-0.3, -0.25) is 14.2 Å². The molecule has 7 heteroatoms. The van der Waals surface area contributed by atoms with Crippen molar-refractivity contribution >= 4 is 44.9 Å². The molecule has 0 aliphatic heterocycles. The van der Waals surface area contributed by atoms with Crippen LogP contribution in [0.25, 0.3) is 15.9 Å². The molecule has 1 amide bonds. The number of benzene rings is 2. The number of hydrogen-bond donors (Lipinski definition) is 1. The van der Waals surface area contributed by atoms with E-state index in [4.69, 9.17) is 4.98 Å². The zero-order valence-corrected chi connectivity index (χ0v) is 20.3. The topological polar surface area (TPSA) is 64.0 Å². The van der Waals surface area contributed by atoms with Crippen molar-refractivity contribution in [2.24, 2.45) is 0 Å². The lowest BCUT2D eigenvalue weighted by molar-refractivity contribution is -0.113. The number of fused-ring (bicyclic) bond motifs is 3. The average Bonchev–Trinajstić information content (AvgIpc) is 3.19. The summed E-state index contributed by atoms with van der Waals surface area (Å²) < 4.78 is 1.67. The number of amides is 1. The van der Waals surface area contributed by atoms with E-state index in [1.165, 1.54) is 22.2 Å². The van der Waals surface area contributed by atoms with Crippen molar-refractivity contribution in [2.45, 2.75) is 44.7 Å². The smallest absolute Gasteiger partial charge is 0.267 e. The van der Waals surface area contributed by atoms with Crippen LogP contribution < -0.4 is 10.9 Å². The summed E-state index contributed by atoms with van der Waals surface area (Å²) in [4.78, 5) is 33.3. The van der Waals surface area contributed by atoms with Crippen molar-refractivity contribution in [3.8, 4) is 5.69 Å². The van der Waals surface area contributed by atoms with Gasteiger partial charge in [0.1, 0.15) is 4.83 Å². The van der Waals surface area contributed by atoms with E-state index >= 15 is 0 Å². The van der Waals surface area contributed by atoms with Crippen LogP contribution in [-0.2, 0) is 17.6 Å². The quantitative estimate of drug-likeness (QED) is 0.298. The van der Waals surface area contributed by atoms with E-state index in [0.717, 1.165) is 58.4 Å². The molecule has 5 rings (SSSR count). The van der Waals surface area contributed by atoms with E-state index in [1.807, 2.05) is 62.4 Å². The molecule has 33 heavy (non-hydrogen) atoms. The molecule has 0 atom stereocenters. The lowest BCUT2D eigenvalue weighted by Gasteiger charge is -2.14. The highest BCUT2D eigenvalue weighted by Crippen LogP contribution is 2.35. The molecule has 2 heterocycles. The number of carbonyl (C=O) groups is 1. The molecule has 168 valence electrons. The third kappa shape index (κ3) is 4.48. The SMILES string of the molecule is Cc1ccc(NC(=O)CSc2nc3sc4c(c3c(=O)n2-c2ccc(C)cc2)CCCC4)cc1. The first-order valence-corrected chi connectivity index (χ1v) is 12.9. The van der Waals surface area contributed by atoms with E-state index in [0.29, 0.717) is 5.16 Å². The maximum absolute atomic E-state index is 13.8. The number of carbonyl (C=O) groups excluding carboxylic acids is 1. The maximum Gasteiger partial charge on any atom is 0.267 e. The van der Waals surface area contributed by atoms with Gasteiger partial charge in [-0.15, -0.1) is 11.3 Å². The second kappa shape index (κ2) is 9.15. The van der Waals surface area contributed by atoms with Gasteiger partial charge < -0.3 is 5.32 Å². The van der Waals surface area contributed by atoms with Crippen LogP contribution >= 0.6 is 23.1 Å². The van der Waals surface area contributed by atoms with Gasteiger partial charge in [0.15, 0.2) is 5.16 Å². The van der Waals surface area contributed by atoms with Gasteiger partial charge in [0.2, 0.25) is 5.91 Å². The normalized spacial score (nSPS) is 13.2. The minimum Gasteiger partial charge on any atom is -0.325 e. The van der Waals surface area contributed by atoms with Crippen LogP contribution in [0.15, 0.2) is 58.5 Å². The Labute approximate surface area is 200 Å². The molecule has 0 fully saturated rings. The zero-order valence-electron chi connectivity index (χ0n) is 18.7. The van der Waals surface area contributed by atoms with Gasteiger partial charge in [0.25, 0.3) is 5.56 Å². The van der Waals surface area contributed by atoms with Gasteiger partial charge in [-0.1, -0.05) is 47.2 Å². The fourth-order valence-corrected chi connectivity index (χ4v) is 6.28. The highest BCUT2D eigenvalue weighted by molar-refractivity contribution is 7.99. The lowest BCUT2D eigenvalue weighted by atomic mass is 9.97. The molecule has 0 saturated carbocycles. The van der Waals surface area contributed by atoms with Gasteiger partial charge in [-0.25, -0.2) is 4.98 Å². The molecule has 0 bridgehead atoms. The number of aromatic nitrogens is 2. The van der Waals surface area contributed by atoms with Crippen LogP contribution in [0.2, 0.25) is 0 Å².